The fraction of sp³-hybridized carbons (Fsp3) is 0.339. The van der Waals surface area contributed by atoms with Crippen molar-refractivity contribution in [1.29, 1.82) is 0 Å². The monoisotopic (exact) mass is 1850 g/mol. The minimum atomic E-state index is -1.00. The van der Waals surface area contributed by atoms with Crippen molar-refractivity contribution in [2.75, 3.05) is 0 Å². The third-order valence-corrected chi connectivity index (χ3v) is 26.2. The molecule has 0 amide bonds. The van der Waals surface area contributed by atoms with Gasteiger partial charge in [0.05, 0.1) is 55.2 Å². The SMILES string of the molecule is CC1Oc2cc(C(=O)O)ccc2C1C.CC1c2cccc3c(C(=O)O)ccc(c23)C1C.CCC(C)(C)C(=O)Oc1ccc(C(=O)O)c2ccccc12.CCC(C)(C)C(=O)Oc1ccc(C(=O)O)cc1.CCC(C)(C)C(=O)Oc1ccc2cc(C(=O)O)ccc2c1.CCC(C)(C)c1ccc(C(=O)O)nc1.CCC(C)(C)c1ccc2cc(C(=O)O)ccc2c1.CCC(C)(C)c1cccc(C(=O)O)c1. The smallest absolute Gasteiger partial charge is 0.354 e. The molecule has 2 heterocycles. The Hall–Kier alpha value is -14.4. The summed E-state index contributed by atoms with van der Waals surface area (Å²) in [6, 6.07) is 62.6. The number of ether oxygens (including phenoxy) is 4. The van der Waals surface area contributed by atoms with Gasteiger partial charge >= 0.3 is 65.7 Å². The lowest BCUT2D eigenvalue weighted by Crippen LogP contribution is -2.28. The number of esters is 3. The Morgan fingerprint density at radius 3 is 1.18 bits per heavy atom. The lowest BCUT2D eigenvalue weighted by Gasteiger charge is -2.23. The van der Waals surface area contributed by atoms with Crippen molar-refractivity contribution in [3.63, 3.8) is 0 Å². The van der Waals surface area contributed by atoms with Gasteiger partial charge in [0, 0.05) is 23.1 Å². The van der Waals surface area contributed by atoms with Crippen LogP contribution in [0, 0.1) is 16.2 Å². The molecule has 4 atom stereocenters. The van der Waals surface area contributed by atoms with E-state index in [4.69, 9.17) is 49.6 Å². The molecule has 718 valence electrons. The number of nitrogens with zero attached hydrogens (tertiary/aromatic N) is 1. The number of fused-ring (bicyclic) bond motifs is 4. The maximum absolute atomic E-state index is 12.2. The van der Waals surface area contributed by atoms with E-state index < -0.39 is 64.0 Å². The average molecular weight is 1860 g/mol. The Morgan fingerprint density at radius 2 is 0.691 bits per heavy atom. The molecule has 0 bridgehead atoms. The molecule has 1 aliphatic heterocycles. The predicted octanol–water partition coefficient (Wildman–Crippen LogP) is 26.3. The first-order valence-electron chi connectivity index (χ1n) is 45.3. The first-order valence-corrected chi connectivity index (χ1v) is 45.3. The molecular formula is C112H127NO23. The standard InChI is InChI=1S/2C17H18O4.C16H18O2.C15H14O2.C13H16O4.C12H16O2.C11H15NO2.C11H12O3/c1-4-17(2,3)16(20)21-14-8-7-11-9-13(15(18)19)6-5-12(11)10-14;1-4-17(2,3)16(20)21-14-10-9-13(15(18)19)11-7-5-6-8-12(11)14;1-4-16(2,3)14-8-7-11-9-13(15(17)18)6-5-12(11)10-14;1-8-9(2)11-6-7-13(15(16)17)12-5-3-4-10(8)14(11)12;1-4-13(2,3)12(16)17-10-7-5-9(6-8-10)11(14)15;1-4-12(2,3)10-7-5-6-9(8-10)11(13)14;1-4-11(2,3)8-5-6-9(10(13)14)12-7-8;1-6-7(2)14-10-5-8(11(12)13)3-4-9(6)10/h2*5-10H,4H2,1-3H3,(H,18,19);5-10H,4H2,1-3H3,(H,17,18);3-9H,1-2H3,(H,16,17);5-8H,4H2,1-3H3,(H,14,15);5-8H,4H2,1-3H3,(H,13,14);5-7H,4H2,1-3H3,(H,13,14);3-7H,1-2H3,(H,12,13). The van der Waals surface area contributed by atoms with Crippen molar-refractivity contribution < 1.29 is 113 Å². The predicted molar refractivity (Wildman–Crippen MR) is 529 cm³/mol. The van der Waals surface area contributed by atoms with E-state index in [1.165, 1.54) is 59.2 Å². The average Bonchev–Trinajstić information content (AvgIpc) is 1.59. The molecule has 14 rings (SSSR count). The van der Waals surface area contributed by atoms with Crippen LogP contribution in [0.3, 0.4) is 0 Å². The molecule has 0 fully saturated rings. The van der Waals surface area contributed by atoms with Crippen molar-refractivity contribution in [2.24, 2.45) is 16.2 Å². The highest BCUT2D eigenvalue weighted by Crippen LogP contribution is 2.47. The van der Waals surface area contributed by atoms with Crippen LogP contribution in [-0.2, 0) is 30.6 Å². The fourth-order valence-electron chi connectivity index (χ4n) is 13.8. The van der Waals surface area contributed by atoms with Crippen molar-refractivity contribution in [3.05, 3.63) is 303 Å². The summed E-state index contributed by atoms with van der Waals surface area (Å²) in [5.41, 5.74) is 7.83. The molecule has 4 unspecified atom stereocenters. The van der Waals surface area contributed by atoms with Gasteiger partial charge in [0.15, 0.2) is 0 Å². The van der Waals surface area contributed by atoms with Crippen molar-refractivity contribution in [3.8, 4) is 23.0 Å². The molecule has 1 aliphatic carbocycles. The zero-order valence-electron chi connectivity index (χ0n) is 81.6. The Bertz CT molecular complexity index is 6360. The zero-order chi connectivity index (χ0) is 102. The normalized spacial score (nSPS) is 14.0. The van der Waals surface area contributed by atoms with E-state index in [1.807, 2.05) is 104 Å². The van der Waals surface area contributed by atoms with Crippen LogP contribution in [0.2, 0.25) is 0 Å². The topological polar surface area (TPSA) is 399 Å². The molecular weight excluding hydrogens is 1730 g/mol. The number of carbonyl (C=O) groups is 11. The third kappa shape index (κ3) is 27.9. The van der Waals surface area contributed by atoms with Crippen LogP contribution in [0.1, 0.15) is 325 Å². The van der Waals surface area contributed by atoms with Crippen LogP contribution in [0.25, 0.3) is 43.1 Å². The fourth-order valence-corrected chi connectivity index (χ4v) is 13.8. The number of carboxylic acid groups (broad SMARTS) is 8. The summed E-state index contributed by atoms with van der Waals surface area (Å²) in [4.78, 5) is 127. The first-order chi connectivity index (χ1) is 63.6. The van der Waals surface area contributed by atoms with Gasteiger partial charge in [0.2, 0.25) is 0 Å². The molecule has 1 aromatic heterocycles. The van der Waals surface area contributed by atoms with E-state index in [0.29, 0.717) is 87.5 Å². The molecule has 0 spiro atoms. The number of aromatic carboxylic acids is 8. The second-order valence-corrected chi connectivity index (χ2v) is 37.6. The molecule has 24 heteroatoms. The Balaban J connectivity index is 0.000000213. The number of hydrogen-bond acceptors (Lipinski definition) is 16. The summed E-state index contributed by atoms with van der Waals surface area (Å²) in [5.74, 6) is -5.14. The maximum Gasteiger partial charge on any atom is 0.354 e. The van der Waals surface area contributed by atoms with Gasteiger partial charge in [-0.1, -0.05) is 213 Å². The van der Waals surface area contributed by atoms with E-state index in [9.17, 15) is 63.0 Å². The van der Waals surface area contributed by atoms with Gasteiger partial charge < -0.3 is 59.8 Å². The summed E-state index contributed by atoms with van der Waals surface area (Å²) >= 11 is 0. The van der Waals surface area contributed by atoms with E-state index >= 15 is 0 Å². The quantitative estimate of drug-likeness (QED) is 0.0218. The Labute approximate surface area is 794 Å². The van der Waals surface area contributed by atoms with Crippen LogP contribution in [0.15, 0.2) is 225 Å². The van der Waals surface area contributed by atoms with Gasteiger partial charge in [0.1, 0.15) is 34.8 Å². The minimum Gasteiger partial charge on any atom is -0.490 e. The third-order valence-electron chi connectivity index (χ3n) is 26.2. The van der Waals surface area contributed by atoms with Crippen molar-refractivity contribution >= 4 is 109 Å². The molecule has 0 saturated heterocycles. The largest absolute Gasteiger partial charge is 0.490 e. The molecule has 0 saturated carbocycles. The van der Waals surface area contributed by atoms with Crippen LogP contribution in [0.5, 0.6) is 23.0 Å². The minimum absolute atomic E-state index is 0.0471. The zero-order valence-corrected chi connectivity index (χ0v) is 81.6. The summed E-state index contributed by atoms with van der Waals surface area (Å²) in [6.07, 6.45) is 6.89. The number of carboxylic acids is 8. The van der Waals surface area contributed by atoms with E-state index in [2.05, 4.69) is 106 Å². The summed E-state index contributed by atoms with van der Waals surface area (Å²) in [6.45, 7) is 44.5. The number of aromatic nitrogens is 1. The van der Waals surface area contributed by atoms with Gasteiger partial charge in [0.25, 0.3) is 0 Å². The number of benzene rings is 11. The van der Waals surface area contributed by atoms with Crippen LogP contribution in [0.4, 0.5) is 0 Å². The Morgan fingerprint density at radius 1 is 0.309 bits per heavy atom. The van der Waals surface area contributed by atoms with Gasteiger partial charge in [-0.25, -0.2) is 43.3 Å². The van der Waals surface area contributed by atoms with Crippen LogP contribution < -0.4 is 18.9 Å². The van der Waals surface area contributed by atoms with Gasteiger partial charge in [-0.2, -0.15) is 0 Å². The summed E-state index contributed by atoms with van der Waals surface area (Å²) < 4.78 is 21.6. The van der Waals surface area contributed by atoms with Gasteiger partial charge in [-0.15, -0.1) is 0 Å². The second kappa shape index (κ2) is 46.5. The highest BCUT2D eigenvalue weighted by atomic mass is 16.5. The molecule has 8 N–H and O–H groups in total. The van der Waals surface area contributed by atoms with E-state index in [1.54, 1.807) is 129 Å². The molecule has 24 nitrogen and oxygen atoms in total. The molecule has 12 aromatic rings. The lowest BCUT2D eigenvalue weighted by atomic mass is 9.81. The Kier molecular flexibility index (Phi) is 37.1. The first kappa shape index (κ1) is 109. The molecule has 136 heavy (non-hydrogen) atoms. The highest BCUT2D eigenvalue weighted by Gasteiger charge is 2.34. The summed E-state index contributed by atoms with van der Waals surface area (Å²) in [5, 5.41) is 78.3. The number of pyridine rings is 1. The number of rotatable bonds is 23. The van der Waals surface area contributed by atoms with E-state index in [-0.39, 0.29) is 68.2 Å². The number of carbonyl (C=O) groups excluding carboxylic acids is 3. The van der Waals surface area contributed by atoms with Gasteiger partial charge in [-0.05, 0) is 290 Å². The molecule has 2 aliphatic rings. The van der Waals surface area contributed by atoms with E-state index in [0.717, 1.165) is 68.3 Å². The lowest BCUT2D eigenvalue weighted by molar-refractivity contribution is -0.144. The van der Waals surface area contributed by atoms with Gasteiger partial charge in [-0.3, -0.25) is 14.4 Å². The maximum atomic E-state index is 12.2. The van der Waals surface area contributed by atoms with Crippen molar-refractivity contribution in [2.45, 2.75) is 231 Å². The highest BCUT2D eigenvalue weighted by molar-refractivity contribution is 6.08. The van der Waals surface area contributed by atoms with Crippen molar-refractivity contribution in [1.82, 2.24) is 4.98 Å². The second-order valence-electron chi connectivity index (χ2n) is 37.6. The number of hydrogen-bond donors (Lipinski definition) is 8. The van der Waals surface area contributed by atoms with Crippen LogP contribution >= 0.6 is 0 Å². The molecule has 0 radical (unpaired) electrons. The van der Waals surface area contributed by atoms with Crippen LogP contribution in [-0.4, -0.2) is 118 Å². The summed E-state index contributed by atoms with van der Waals surface area (Å²) in [7, 11) is 0. The molecule has 11 aromatic carbocycles.